The summed E-state index contributed by atoms with van der Waals surface area (Å²) in [5.74, 6) is 0.880. The predicted octanol–water partition coefficient (Wildman–Crippen LogP) is 5.14. The Morgan fingerprint density at radius 1 is 1.04 bits per heavy atom. The van der Waals surface area contributed by atoms with Crippen molar-refractivity contribution in [1.82, 2.24) is 14.3 Å². The Balaban J connectivity index is 1.54. The number of rotatable bonds is 9. The number of allylic oxidation sites excluding steroid dienone is 1. The third-order valence-electron chi connectivity index (χ3n) is 7.71. The molecule has 0 spiro atoms. The van der Waals surface area contributed by atoms with E-state index in [9.17, 15) is 9.59 Å². The number of para-hydroxylation sites is 1. The van der Waals surface area contributed by atoms with E-state index in [1.807, 2.05) is 79.9 Å². The molecule has 6 rings (SSSR count). The van der Waals surface area contributed by atoms with Gasteiger partial charge in [0.15, 0.2) is 4.80 Å². The van der Waals surface area contributed by atoms with Gasteiger partial charge < -0.3 is 14.2 Å². The highest BCUT2D eigenvalue weighted by atomic mass is 32.1. The lowest BCUT2D eigenvalue weighted by molar-refractivity contribution is -0.136. The Morgan fingerprint density at radius 2 is 1.80 bits per heavy atom. The predicted molar refractivity (Wildman–Crippen MR) is 178 cm³/mol. The van der Waals surface area contributed by atoms with Gasteiger partial charge in [0.25, 0.3) is 5.56 Å². The highest BCUT2D eigenvalue weighted by molar-refractivity contribution is 7.07. The van der Waals surface area contributed by atoms with Crippen molar-refractivity contribution in [2.45, 2.75) is 19.9 Å². The van der Waals surface area contributed by atoms with Crippen LogP contribution in [0.3, 0.4) is 0 Å². The van der Waals surface area contributed by atoms with Gasteiger partial charge in [-0.1, -0.05) is 54.3 Å². The molecule has 0 amide bonds. The van der Waals surface area contributed by atoms with Crippen LogP contribution in [-0.2, 0) is 9.53 Å². The molecule has 0 radical (unpaired) electrons. The Kier molecular flexibility index (Phi) is 8.54. The summed E-state index contributed by atoms with van der Waals surface area (Å²) < 4.78 is 20.1. The van der Waals surface area contributed by atoms with Crippen LogP contribution in [0.4, 0.5) is 0 Å². The number of esters is 1. The molecule has 5 aromatic rings. The lowest BCUT2D eigenvalue weighted by Crippen LogP contribution is -2.39. The zero-order valence-electron chi connectivity index (χ0n) is 25.9. The molecule has 1 aliphatic heterocycles. The van der Waals surface area contributed by atoms with Gasteiger partial charge in [0, 0.05) is 17.3 Å². The van der Waals surface area contributed by atoms with Crippen molar-refractivity contribution in [3.05, 3.63) is 139 Å². The Hall–Kier alpha value is -5.48. The number of benzene rings is 3. The van der Waals surface area contributed by atoms with Gasteiger partial charge >= 0.3 is 5.97 Å². The van der Waals surface area contributed by atoms with E-state index >= 15 is 0 Å². The Labute approximate surface area is 269 Å². The summed E-state index contributed by atoms with van der Waals surface area (Å²) >= 11 is 1.26. The quantitative estimate of drug-likeness (QED) is 0.165. The highest BCUT2D eigenvalue weighted by Crippen LogP contribution is 2.32. The van der Waals surface area contributed by atoms with Crippen molar-refractivity contribution in [2.24, 2.45) is 4.99 Å². The molecule has 3 aromatic carbocycles. The molecule has 0 aliphatic carbocycles. The summed E-state index contributed by atoms with van der Waals surface area (Å²) in [6.07, 6.45) is 5.45. The molecule has 10 heteroatoms. The van der Waals surface area contributed by atoms with Crippen molar-refractivity contribution < 1.29 is 19.0 Å². The zero-order chi connectivity index (χ0) is 32.4. The van der Waals surface area contributed by atoms with Gasteiger partial charge in [-0.15, -0.1) is 0 Å². The second-order valence-corrected chi connectivity index (χ2v) is 11.6. The number of methoxy groups -OCH3 is 2. The number of hydrogen-bond acceptors (Lipinski definition) is 8. The molecule has 9 nitrogen and oxygen atoms in total. The SMILES string of the molecule is C=CCOc1ccc(-c2nn(-c3ccccc3)cc2C=c2sc3n(c2=O)C(c2ccc(OC)cc2)C(C(=O)OC)=C(C)N=3)cc1C. The fourth-order valence-corrected chi connectivity index (χ4v) is 6.51. The molecule has 0 N–H and O–H groups in total. The first kappa shape index (κ1) is 30.5. The average molecular weight is 633 g/mol. The van der Waals surface area contributed by atoms with E-state index in [1.165, 1.54) is 18.4 Å². The molecule has 1 atom stereocenters. The number of hydrogen-bond donors (Lipinski definition) is 0. The first-order chi connectivity index (χ1) is 22.3. The number of nitrogens with zero attached hydrogens (tertiary/aromatic N) is 4. The largest absolute Gasteiger partial charge is 0.497 e. The molecule has 0 bridgehead atoms. The number of aryl methyl sites for hydroxylation is 1. The van der Waals surface area contributed by atoms with E-state index in [2.05, 4.69) is 11.6 Å². The first-order valence-electron chi connectivity index (χ1n) is 14.6. The van der Waals surface area contributed by atoms with Crippen molar-refractivity contribution in [3.8, 4) is 28.4 Å². The van der Waals surface area contributed by atoms with Crippen LogP contribution in [0.1, 0.15) is 29.7 Å². The summed E-state index contributed by atoms with van der Waals surface area (Å²) in [7, 11) is 2.91. The molecule has 0 saturated carbocycles. The number of carbonyl (C=O) groups is 1. The number of ether oxygens (including phenoxy) is 3. The topological polar surface area (TPSA) is 96.9 Å². The summed E-state index contributed by atoms with van der Waals surface area (Å²) in [5, 5.41) is 4.95. The average Bonchev–Trinajstić information content (AvgIpc) is 3.64. The van der Waals surface area contributed by atoms with Gasteiger partial charge in [-0.2, -0.15) is 5.10 Å². The molecule has 1 unspecified atom stereocenters. The fraction of sp³-hybridized carbons (Fsp3) is 0.167. The molecular weight excluding hydrogens is 600 g/mol. The second kappa shape index (κ2) is 12.9. The van der Waals surface area contributed by atoms with Gasteiger partial charge in [-0.25, -0.2) is 14.5 Å². The first-order valence-corrected chi connectivity index (χ1v) is 15.4. The number of aromatic nitrogens is 3. The van der Waals surface area contributed by atoms with Gasteiger partial charge in [0.05, 0.1) is 41.8 Å². The molecule has 1 aliphatic rings. The van der Waals surface area contributed by atoms with Crippen LogP contribution >= 0.6 is 11.3 Å². The molecule has 0 fully saturated rings. The van der Waals surface area contributed by atoms with E-state index in [0.29, 0.717) is 38.7 Å². The summed E-state index contributed by atoms with van der Waals surface area (Å²) in [6, 6.07) is 22.2. The number of thiazole rings is 1. The van der Waals surface area contributed by atoms with Crippen LogP contribution in [0.15, 0.2) is 113 Å². The standard InChI is InChI=1S/C36H32N4O5S/c1-6-18-45-29-17-14-25(19-22(29)2)32-26(21-39(38-32)27-10-8-7-9-11-27)20-30-34(41)40-33(24-12-15-28(43-4)16-13-24)31(35(42)44-5)23(3)37-36(40)46-30/h6-17,19-21,33H,1,18H2,2-5H3. The van der Waals surface area contributed by atoms with E-state index in [4.69, 9.17) is 19.3 Å². The summed E-state index contributed by atoms with van der Waals surface area (Å²) in [4.78, 5) is 32.5. The maximum atomic E-state index is 14.2. The minimum absolute atomic E-state index is 0.277. The Morgan fingerprint density at radius 3 is 2.48 bits per heavy atom. The van der Waals surface area contributed by atoms with Crippen LogP contribution in [0.2, 0.25) is 0 Å². The summed E-state index contributed by atoms with van der Waals surface area (Å²) in [5.41, 5.74) is 5.40. The molecule has 232 valence electrons. The minimum Gasteiger partial charge on any atom is -0.497 e. The normalized spacial score (nSPS) is 14.4. The highest BCUT2D eigenvalue weighted by Gasteiger charge is 2.33. The molecule has 46 heavy (non-hydrogen) atoms. The maximum Gasteiger partial charge on any atom is 0.338 e. The van der Waals surface area contributed by atoms with E-state index < -0.39 is 12.0 Å². The molecule has 3 heterocycles. The van der Waals surface area contributed by atoms with Crippen LogP contribution in [0.25, 0.3) is 23.0 Å². The molecular formula is C36H32N4O5S. The van der Waals surface area contributed by atoms with Crippen molar-refractivity contribution in [3.63, 3.8) is 0 Å². The van der Waals surface area contributed by atoms with E-state index in [0.717, 1.165) is 33.7 Å². The van der Waals surface area contributed by atoms with E-state index in [1.54, 1.807) is 41.5 Å². The van der Waals surface area contributed by atoms with Crippen molar-refractivity contribution in [1.29, 1.82) is 0 Å². The fourth-order valence-electron chi connectivity index (χ4n) is 5.47. The monoisotopic (exact) mass is 632 g/mol. The minimum atomic E-state index is -0.728. The Bertz CT molecular complexity index is 2160. The van der Waals surface area contributed by atoms with Crippen molar-refractivity contribution in [2.75, 3.05) is 20.8 Å². The van der Waals surface area contributed by atoms with Gasteiger partial charge in [-0.3, -0.25) is 9.36 Å². The number of carbonyl (C=O) groups excluding carboxylic acids is 1. The van der Waals surface area contributed by atoms with Crippen LogP contribution in [0, 0.1) is 6.92 Å². The lowest BCUT2D eigenvalue weighted by Gasteiger charge is -2.24. The van der Waals surface area contributed by atoms with Gasteiger partial charge in [0.1, 0.15) is 23.8 Å². The molecule has 2 aromatic heterocycles. The lowest BCUT2D eigenvalue weighted by atomic mass is 9.96. The maximum absolute atomic E-state index is 14.2. The zero-order valence-corrected chi connectivity index (χ0v) is 26.7. The van der Waals surface area contributed by atoms with Crippen LogP contribution < -0.4 is 24.4 Å². The number of fused-ring (bicyclic) bond motifs is 1. The molecule has 0 saturated heterocycles. The van der Waals surface area contributed by atoms with Gasteiger partial charge in [-0.05, 0) is 73.5 Å². The second-order valence-electron chi connectivity index (χ2n) is 10.6. The van der Waals surface area contributed by atoms with E-state index in [-0.39, 0.29) is 5.56 Å². The third kappa shape index (κ3) is 5.70. The van der Waals surface area contributed by atoms with Crippen molar-refractivity contribution >= 4 is 23.4 Å². The van der Waals surface area contributed by atoms with Crippen LogP contribution in [-0.4, -0.2) is 41.1 Å². The van der Waals surface area contributed by atoms with Gasteiger partial charge in [0.2, 0.25) is 0 Å². The van der Waals surface area contributed by atoms with Crippen LogP contribution in [0.5, 0.6) is 11.5 Å². The smallest absolute Gasteiger partial charge is 0.338 e. The third-order valence-corrected chi connectivity index (χ3v) is 8.70. The summed E-state index contributed by atoms with van der Waals surface area (Å²) in [6.45, 7) is 7.87.